The number of aromatic amines is 1. The molecular weight excluding hydrogens is 308 g/mol. The Bertz CT molecular complexity index is 825. The van der Waals surface area contributed by atoms with Crippen LogP contribution in [0.2, 0.25) is 0 Å². The van der Waals surface area contributed by atoms with Gasteiger partial charge in [0.25, 0.3) is 0 Å². The van der Waals surface area contributed by atoms with Gasteiger partial charge in [-0.25, -0.2) is 0 Å². The average Bonchev–Trinajstić information content (AvgIpc) is 3.07. The third kappa shape index (κ3) is 3.44. The van der Waals surface area contributed by atoms with E-state index in [4.69, 9.17) is 0 Å². The minimum Gasteiger partial charge on any atom is -0.367 e. The highest BCUT2D eigenvalue weighted by Gasteiger charge is 2.24. The topological polar surface area (TPSA) is 44.0 Å². The zero-order chi connectivity index (χ0) is 17.1. The van der Waals surface area contributed by atoms with Gasteiger partial charge in [0.15, 0.2) is 0 Å². The monoisotopic (exact) mass is 332 g/mol. The Morgan fingerprint density at radius 3 is 2.72 bits per heavy atom. The number of fused-ring (bicyclic) bond motifs is 1. The Hall–Kier alpha value is -2.59. The first-order valence-electron chi connectivity index (χ1n) is 8.91. The SMILES string of the molecule is Cc1[nH]ncc1CNC1CCN(Cc2ccccc2)c2ccccc21. The molecule has 1 atom stereocenters. The molecule has 128 valence electrons. The number of para-hydroxylation sites is 1. The van der Waals surface area contributed by atoms with Crippen LogP contribution >= 0.6 is 0 Å². The van der Waals surface area contributed by atoms with Gasteiger partial charge in [-0.3, -0.25) is 5.10 Å². The number of nitrogens with zero attached hydrogens (tertiary/aromatic N) is 2. The van der Waals surface area contributed by atoms with Crippen LogP contribution in [0.4, 0.5) is 5.69 Å². The number of H-pyrrole nitrogens is 1. The van der Waals surface area contributed by atoms with E-state index in [9.17, 15) is 0 Å². The maximum Gasteiger partial charge on any atom is 0.0535 e. The molecule has 0 amide bonds. The van der Waals surface area contributed by atoms with Crippen LogP contribution in [-0.4, -0.2) is 16.7 Å². The molecule has 0 bridgehead atoms. The van der Waals surface area contributed by atoms with Gasteiger partial charge in [0.2, 0.25) is 0 Å². The smallest absolute Gasteiger partial charge is 0.0535 e. The van der Waals surface area contributed by atoms with E-state index in [0.717, 1.165) is 31.7 Å². The zero-order valence-corrected chi connectivity index (χ0v) is 14.6. The van der Waals surface area contributed by atoms with Gasteiger partial charge >= 0.3 is 0 Å². The molecule has 4 rings (SSSR count). The first-order valence-corrected chi connectivity index (χ1v) is 8.91. The van der Waals surface area contributed by atoms with E-state index in [1.165, 1.54) is 22.4 Å². The van der Waals surface area contributed by atoms with Gasteiger partial charge in [-0.2, -0.15) is 5.10 Å². The van der Waals surface area contributed by atoms with Gasteiger partial charge in [-0.1, -0.05) is 48.5 Å². The molecule has 25 heavy (non-hydrogen) atoms. The van der Waals surface area contributed by atoms with Crippen LogP contribution in [0.25, 0.3) is 0 Å². The van der Waals surface area contributed by atoms with Gasteiger partial charge in [0.1, 0.15) is 0 Å². The Morgan fingerprint density at radius 1 is 1.12 bits per heavy atom. The number of hydrogen-bond donors (Lipinski definition) is 2. The molecule has 1 unspecified atom stereocenters. The summed E-state index contributed by atoms with van der Waals surface area (Å²) >= 11 is 0. The summed E-state index contributed by atoms with van der Waals surface area (Å²) in [6, 6.07) is 19.9. The predicted octanol–water partition coefficient (Wildman–Crippen LogP) is 3.96. The van der Waals surface area contributed by atoms with E-state index in [2.05, 4.69) is 81.9 Å². The molecule has 1 aromatic heterocycles. The molecule has 0 aliphatic carbocycles. The standard InChI is InChI=1S/C21H24N4/c1-16-18(14-23-24-16)13-22-20-11-12-25(15-17-7-3-2-4-8-17)21-10-6-5-9-19(20)21/h2-10,14,20,22H,11-13,15H2,1H3,(H,23,24). The number of nitrogens with one attached hydrogen (secondary N) is 2. The second kappa shape index (κ2) is 7.11. The number of aromatic nitrogens is 2. The molecule has 0 saturated heterocycles. The van der Waals surface area contributed by atoms with E-state index < -0.39 is 0 Å². The third-order valence-corrected chi connectivity index (χ3v) is 5.03. The lowest BCUT2D eigenvalue weighted by Gasteiger charge is -2.36. The second-order valence-corrected chi connectivity index (χ2v) is 6.71. The van der Waals surface area contributed by atoms with Crippen molar-refractivity contribution in [1.82, 2.24) is 15.5 Å². The van der Waals surface area contributed by atoms with Crippen LogP contribution in [0.5, 0.6) is 0 Å². The second-order valence-electron chi connectivity index (χ2n) is 6.71. The van der Waals surface area contributed by atoms with Gasteiger partial charge in [-0.15, -0.1) is 0 Å². The molecule has 1 aliphatic rings. The van der Waals surface area contributed by atoms with E-state index >= 15 is 0 Å². The predicted molar refractivity (Wildman–Crippen MR) is 101 cm³/mol. The Morgan fingerprint density at radius 2 is 1.92 bits per heavy atom. The number of hydrogen-bond acceptors (Lipinski definition) is 3. The summed E-state index contributed by atoms with van der Waals surface area (Å²) in [7, 11) is 0. The van der Waals surface area contributed by atoms with Gasteiger partial charge in [-0.05, 0) is 30.5 Å². The third-order valence-electron chi connectivity index (χ3n) is 5.03. The largest absolute Gasteiger partial charge is 0.367 e. The van der Waals surface area contributed by atoms with E-state index in [1.54, 1.807) is 0 Å². The summed E-state index contributed by atoms with van der Waals surface area (Å²) in [5, 5.41) is 10.8. The normalized spacial score (nSPS) is 16.7. The van der Waals surface area contributed by atoms with Crippen molar-refractivity contribution in [1.29, 1.82) is 0 Å². The fourth-order valence-electron chi connectivity index (χ4n) is 3.60. The van der Waals surface area contributed by atoms with Crippen molar-refractivity contribution in [2.75, 3.05) is 11.4 Å². The fourth-order valence-corrected chi connectivity index (χ4v) is 3.60. The van der Waals surface area contributed by atoms with Crippen molar-refractivity contribution < 1.29 is 0 Å². The van der Waals surface area contributed by atoms with Crippen LogP contribution < -0.4 is 10.2 Å². The van der Waals surface area contributed by atoms with Crippen LogP contribution in [0.15, 0.2) is 60.8 Å². The molecular formula is C21H24N4. The molecule has 0 saturated carbocycles. The summed E-state index contributed by atoms with van der Waals surface area (Å²) in [5.74, 6) is 0. The highest BCUT2D eigenvalue weighted by molar-refractivity contribution is 5.57. The fraction of sp³-hybridized carbons (Fsp3) is 0.286. The molecule has 3 aromatic rings. The number of anilines is 1. The lowest BCUT2D eigenvalue weighted by molar-refractivity contribution is 0.475. The van der Waals surface area contributed by atoms with Crippen molar-refractivity contribution in [2.45, 2.75) is 32.5 Å². The minimum absolute atomic E-state index is 0.387. The molecule has 2 N–H and O–H groups in total. The molecule has 1 aliphatic heterocycles. The first kappa shape index (κ1) is 15.9. The van der Waals surface area contributed by atoms with E-state index in [0.29, 0.717) is 6.04 Å². The Kier molecular flexibility index (Phi) is 4.53. The number of rotatable bonds is 5. The highest BCUT2D eigenvalue weighted by atomic mass is 15.2. The summed E-state index contributed by atoms with van der Waals surface area (Å²) in [6.45, 7) is 4.94. The molecule has 4 nitrogen and oxygen atoms in total. The molecule has 2 heterocycles. The summed E-state index contributed by atoms with van der Waals surface area (Å²) in [5.41, 5.74) is 6.48. The minimum atomic E-state index is 0.387. The molecule has 0 fully saturated rings. The van der Waals surface area contributed by atoms with E-state index in [1.807, 2.05) is 6.20 Å². The Balaban J connectivity index is 1.51. The molecule has 2 aromatic carbocycles. The lowest BCUT2D eigenvalue weighted by Crippen LogP contribution is -2.35. The van der Waals surface area contributed by atoms with Gasteiger partial charge < -0.3 is 10.2 Å². The first-order chi connectivity index (χ1) is 12.3. The van der Waals surface area contributed by atoms with Crippen LogP contribution in [0.1, 0.15) is 34.8 Å². The van der Waals surface area contributed by atoms with Crippen LogP contribution in [-0.2, 0) is 13.1 Å². The quantitative estimate of drug-likeness (QED) is 0.743. The number of benzene rings is 2. The molecule has 0 spiro atoms. The van der Waals surface area contributed by atoms with Crippen molar-refractivity contribution in [2.24, 2.45) is 0 Å². The average molecular weight is 332 g/mol. The maximum absolute atomic E-state index is 4.12. The summed E-state index contributed by atoms with van der Waals surface area (Å²) in [6.07, 6.45) is 3.03. The van der Waals surface area contributed by atoms with Gasteiger partial charge in [0, 0.05) is 42.6 Å². The van der Waals surface area contributed by atoms with Crippen molar-refractivity contribution in [3.05, 3.63) is 83.2 Å². The maximum atomic E-state index is 4.12. The molecule has 0 radical (unpaired) electrons. The van der Waals surface area contributed by atoms with Crippen molar-refractivity contribution in [3.63, 3.8) is 0 Å². The summed E-state index contributed by atoms with van der Waals surface area (Å²) in [4.78, 5) is 2.49. The molecule has 4 heteroatoms. The van der Waals surface area contributed by atoms with E-state index in [-0.39, 0.29) is 0 Å². The van der Waals surface area contributed by atoms with Gasteiger partial charge in [0.05, 0.1) is 6.20 Å². The van der Waals surface area contributed by atoms with Crippen molar-refractivity contribution >= 4 is 5.69 Å². The van der Waals surface area contributed by atoms with Crippen LogP contribution in [0, 0.1) is 6.92 Å². The lowest BCUT2D eigenvalue weighted by atomic mass is 9.95. The number of aryl methyl sites for hydroxylation is 1. The zero-order valence-electron chi connectivity index (χ0n) is 14.6. The van der Waals surface area contributed by atoms with Crippen molar-refractivity contribution in [3.8, 4) is 0 Å². The summed E-state index contributed by atoms with van der Waals surface area (Å²) < 4.78 is 0. The Labute approximate surface area is 148 Å². The highest BCUT2D eigenvalue weighted by Crippen LogP contribution is 2.34. The van der Waals surface area contributed by atoms with Crippen LogP contribution in [0.3, 0.4) is 0 Å².